The number of hydrogen-bond acceptors (Lipinski definition) is 8. The van der Waals surface area contributed by atoms with Gasteiger partial charge in [0, 0.05) is 51.6 Å². The first-order valence-corrected chi connectivity index (χ1v) is 9.00. The van der Waals surface area contributed by atoms with Crippen LogP contribution in [0.1, 0.15) is 56.4 Å². The predicted molar refractivity (Wildman–Crippen MR) is 153 cm³/mol. The van der Waals surface area contributed by atoms with Crippen molar-refractivity contribution in [2.45, 2.75) is 56.4 Å². The van der Waals surface area contributed by atoms with Crippen molar-refractivity contribution >= 4 is 42.7 Å². The van der Waals surface area contributed by atoms with Gasteiger partial charge in [0.2, 0.25) is 11.8 Å². The molecule has 0 saturated heterocycles. The molecule has 0 bridgehead atoms. The summed E-state index contributed by atoms with van der Waals surface area (Å²) in [5, 5.41) is 16.9. The van der Waals surface area contributed by atoms with Gasteiger partial charge in [-0.05, 0) is 26.8 Å². The van der Waals surface area contributed by atoms with Crippen LogP contribution < -0.4 is 5.32 Å². The first kappa shape index (κ1) is 69.8. The number of H-pyrrole nitrogens is 1. The first-order valence-electron chi connectivity index (χ1n) is 8.10. The fourth-order valence-corrected chi connectivity index (χ4v) is 0.765. The molecular weight excluding hydrogens is 494 g/mol. The number of allylic oxidation sites excluding steroid dienone is 2. The maximum atomic E-state index is 10.0. The molecule has 0 aliphatic heterocycles. The van der Waals surface area contributed by atoms with E-state index in [1.165, 1.54) is 27.7 Å². The van der Waals surface area contributed by atoms with Crippen LogP contribution in [0.2, 0.25) is 0 Å². The zero-order valence-corrected chi connectivity index (χ0v) is 21.1. The molecular formula is C24H49ArN5O4S. The van der Waals surface area contributed by atoms with Crippen molar-refractivity contribution in [3.05, 3.63) is 50.9 Å². The third-order valence-corrected chi connectivity index (χ3v) is 1.35. The Kier molecular flexibility index (Phi) is 170. The Hall–Kier alpha value is -2.32. The summed E-state index contributed by atoms with van der Waals surface area (Å²) in [6.45, 7) is 20.6. The van der Waals surface area contributed by atoms with Gasteiger partial charge in [0.25, 0.3) is 0 Å². The van der Waals surface area contributed by atoms with Crippen LogP contribution in [0.3, 0.4) is 0 Å². The van der Waals surface area contributed by atoms with Gasteiger partial charge in [-0.1, -0.05) is 47.6 Å². The summed E-state index contributed by atoms with van der Waals surface area (Å²) >= 11 is 3.53. The number of aromatic amines is 1. The van der Waals surface area contributed by atoms with E-state index in [0.717, 1.165) is 0 Å². The molecule has 0 fully saturated rings. The minimum absolute atomic E-state index is 0. The SMILES string of the molecule is C.C.C.C#C.C=C.C=CC=C.C=N.CC(=O)CC(C)=O.CC(=O)NC(C)=O.CS.[Ar].c1cn[nH]n1. The predicted octanol–water partition coefficient (Wildman–Crippen LogP) is 5.16. The molecule has 9 nitrogen and oxygen atoms in total. The fraction of sp³-hybridized carbons (Fsp3) is 0.375. The normalized spacial score (nSPS) is 5.37. The van der Waals surface area contributed by atoms with E-state index in [-0.39, 0.29) is 89.8 Å². The Bertz CT molecular complexity index is 492. The summed E-state index contributed by atoms with van der Waals surface area (Å²) in [6, 6.07) is 0. The molecule has 0 saturated carbocycles. The fourth-order valence-electron chi connectivity index (χ4n) is 0.765. The Morgan fingerprint density at radius 2 is 1.09 bits per heavy atom. The average Bonchev–Trinajstić information content (AvgIpc) is 3.33. The molecule has 2 amide bonds. The van der Waals surface area contributed by atoms with Crippen molar-refractivity contribution < 1.29 is 56.9 Å². The molecule has 11 heteroatoms. The van der Waals surface area contributed by atoms with Gasteiger partial charge in [0.1, 0.15) is 11.6 Å². The standard InChI is InChI=1S/C5H8O2.C4H7NO2.C4H6.C2H3N3.C2H4.C2H2.CH3N.CH4S.3CH4.Ar/c1-4(6)3-5(2)7;1-3(6)5-4(2)7;1-3-4-2;1-2-4-5-3-1;4*1-2;;;;/h3H2,1-2H3;1-2H3,(H,5,6,7);3-4H,1-2H2;1-2H,(H,3,4,5);1-2H2;1-2H;2H,1H2;2H,1H3;3*1H4;. The number of carbonyl (C=O) groups is 4. The van der Waals surface area contributed by atoms with Gasteiger partial charge in [0.05, 0.1) is 18.8 Å². The molecule has 0 spiro atoms. The molecule has 0 aromatic carbocycles. The first-order chi connectivity index (χ1) is 14.7. The summed E-state index contributed by atoms with van der Waals surface area (Å²) in [4.78, 5) is 39.9. The monoisotopic (exact) mass is 543 g/mol. The molecule has 1 rings (SSSR count). The van der Waals surface area contributed by atoms with Crippen LogP contribution in [0.5, 0.6) is 0 Å². The number of Topliss-reactive ketones (excluding diaryl/α,β-unsaturated/α-hetero) is 2. The summed E-state index contributed by atoms with van der Waals surface area (Å²) in [7, 11) is 0. The number of aromatic nitrogens is 3. The van der Waals surface area contributed by atoms with Crippen LogP contribution in [0, 0.1) is 56.0 Å². The number of imide groups is 1. The average molecular weight is 544 g/mol. The van der Waals surface area contributed by atoms with Crippen LogP contribution in [-0.4, -0.2) is 51.8 Å². The van der Waals surface area contributed by atoms with E-state index < -0.39 is 0 Å². The molecule has 3 N–H and O–H groups in total. The van der Waals surface area contributed by atoms with Crippen molar-refractivity contribution in [1.82, 2.24) is 20.7 Å². The van der Waals surface area contributed by atoms with E-state index in [9.17, 15) is 19.2 Å². The molecule has 1 aromatic rings. The summed E-state index contributed by atoms with van der Waals surface area (Å²) in [5.41, 5.74) is 0. The van der Waals surface area contributed by atoms with Gasteiger partial charge in [-0.3, -0.25) is 24.5 Å². The molecule has 0 unspecified atom stereocenters. The smallest absolute Gasteiger partial charge is 0.223 e. The molecule has 0 aliphatic rings. The van der Waals surface area contributed by atoms with E-state index in [2.05, 4.69) is 73.9 Å². The van der Waals surface area contributed by atoms with Gasteiger partial charge in [-0.25, -0.2) is 0 Å². The van der Waals surface area contributed by atoms with Crippen LogP contribution in [0.15, 0.2) is 50.9 Å². The maximum Gasteiger partial charge on any atom is 0.223 e. The molecule has 1 aromatic heterocycles. The second-order valence-electron chi connectivity index (χ2n) is 3.95. The summed E-state index contributed by atoms with van der Waals surface area (Å²) in [6.07, 6.45) is 16.2. The Labute approximate surface area is 250 Å². The number of nitrogens with one attached hydrogen (secondary N) is 3. The quantitative estimate of drug-likeness (QED) is 0.103. The number of thiol groups is 1. The molecule has 1 heterocycles. The Balaban J connectivity index is -0.0000000217. The molecule has 0 aliphatic carbocycles. The van der Waals surface area contributed by atoms with E-state index in [1.54, 1.807) is 30.8 Å². The second-order valence-corrected chi connectivity index (χ2v) is 3.95. The summed E-state index contributed by atoms with van der Waals surface area (Å²) in [5.74, 6) is -0.750. The number of carbonyl (C=O) groups excluding carboxylic acids is 4. The molecule has 0 radical (unpaired) electrons. The van der Waals surface area contributed by atoms with E-state index in [1.807, 2.05) is 5.32 Å². The van der Waals surface area contributed by atoms with Crippen molar-refractivity contribution in [2.75, 3.05) is 6.26 Å². The second kappa shape index (κ2) is 85.5. The zero-order valence-electron chi connectivity index (χ0n) is 19.5. The number of terminal acetylenes is 1. The Morgan fingerprint density at radius 3 is 1.11 bits per heavy atom. The van der Waals surface area contributed by atoms with Crippen LogP contribution in [-0.2, 0) is 19.2 Å². The number of rotatable bonds is 3. The van der Waals surface area contributed by atoms with Gasteiger partial charge in [-0.15, -0.1) is 26.0 Å². The van der Waals surface area contributed by atoms with E-state index in [4.69, 9.17) is 5.41 Å². The van der Waals surface area contributed by atoms with Crippen LogP contribution in [0.4, 0.5) is 0 Å². The van der Waals surface area contributed by atoms with E-state index in [0.29, 0.717) is 0 Å². The van der Waals surface area contributed by atoms with Crippen LogP contribution in [0.25, 0.3) is 0 Å². The number of amides is 2. The Morgan fingerprint density at radius 1 is 0.857 bits per heavy atom. The van der Waals surface area contributed by atoms with Gasteiger partial charge in [0.15, 0.2) is 0 Å². The summed E-state index contributed by atoms with van der Waals surface area (Å²) < 4.78 is 0. The molecule has 35 heavy (non-hydrogen) atoms. The van der Waals surface area contributed by atoms with Crippen molar-refractivity contribution in [1.29, 1.82) is 5.41 Å². The van der Waals surface area contributed by atoms with Gasteiger partial charge >= 0.3 is 0 Å². The minimum atomic E-state index is -0.312. The third kappa shape index (κ3) is 205. The molecule has 0 atom stereocenters. The zero-order chi connectivity index (χ0) is 26.7. The third-order valence-electron chi connectivity index (χ3n) is 1.35. The maximum absolute atomic E-state index is 10.0. The topological polar surface area (TPSA) is 146 Å². The van der Waals surface area contributed by atoms with Crippen LogP contribution >= 0.6 is 12.6 Å². The van der Waals surface area contributed by atoms with Crippen molar-refractivity contribution in [3.63, 3.8) is 0 Å². The van der Waals surface area contributed by atoms with Crippen molar-refractivity contribution in [3.8, 4) is 12.8 Å². The number of ketones is 2. The largest absolute Gasteiger partial charge is 0.317 e. The molecule has 208 valence electrons. The van der Waals surface area contributed by atoms with Gasteiger partial charge in [-0.2, -0.15) is 28.0 Å². The van der Waals surface area contributed by atoms with E-state index >= 15 is 0 Å². The number of nitrogens with zero attached hydrogens (tertiary/aromatic N) is 2. The number of hydrogen-bond donors (Lipinski definition) is 4. The van der Waals surface area contributed by atoms with Gasteiger partial charge < -0.3 is 5.41 Å². The minimum Gasteiger partial charge on any atom is -0.317 e. The van der Waals surface area contributed by atoms with Crippen molar-refractivity contribution in [2.24, 2.45) is 0 Å².